The van der Waals surface area contributed by atoms with Crippen LogP contribution in [0, 0.1) is 31.1 Å². The van der Waals surface area contributed by atoms with Crippen LogP contribution < -0.4 is 10.7 Å². The molecule has 0 saturated carbocycles. The van der Waals surface area contributed by atoms with Gasteiger partial charge in [-0.25, -0.2) is 0 Å². The van der Waals surface area contributed by atoms with Crippen LogP contribution in [0.3, 0.4) is 0 Å². The first-order valence-corrected chi connectivity index (χ1v) is 8.38. The number of pyridine rings is 1. The highest BCUT2D eigenvalue weighted by Crippen LogP contribution is 2.17. The second-order valence-corrected chi connectivity index (χ2v) is 6.29. The van der Waals surface area contributed by atoms with Gasteiger partial charge in [0.05, 0.1) is 6.07 Å². The Hall–Kier alpha value is -3.39. The molecule has 3 rings (SSSR count). The zero-order valence-electron chi connectivity index (χ0n) is 14.7. The molecule has 0 saturated heterocycles. The summed E-state index contributed by atoms with van der Waals surface area (Å²) in [6, 6.07) is 16.6. The van der Waals surface area contributed by atoms with Crippen molar-refractivity contribution in [1.29, 1.82) is 5.26 Å². The SMILES string of the molecule is Cc1ccccc1NC(=O)C(C#N)Cc1c(C)[nH]c2ccccc2c1=O. The van der Waals surface area contributed by atoms with E-state index in [1.165, 1.54) is 0 Å². The Morgan fingerprint density at radius 2 is 1.85 bits per heavy atom. The molecule has 1 heterocycles. The molecule has 5 nitrogen and oxygen atoms in total. The maximum atomic E-state index is 12.8. The third kappa shape index (κ3) is 3.35. The zero-order chi connectivity index (χ0) is 18.7. The number of nitrogens with one attached hydrogen (secondary N) is 2. The van der Waals surface area contributed by atoms with E-state index < -0.39 is 11.8 Å². The molecular weight excluding hydrogens is 326 g/mol. The molecule has 0 aliphatic heterocycles. The first-order chi connectivity index (χ1) is 12.5. The summed E-state index contributed by atoms with van der Waals surface area (Å²) in [6.45, 7) is 3.67. The summed E-state index contributed by atoms with van der Waals surface area (Å²) in [5.74, 6) is -1.36. The number of rotatable bonds is 4. The number of aromatic amines is 1. The smallest absolute Gasteiger partial charge is 0.242 e. The summed E-state index contributed by atoms with van der Waals surface area (Å²) in [5.41, 5.74) is 3.34. The van der Waals surface area contributed by atoms with Crippen LogP contribution in [0.1, 0.15) is 16.8 Å². The molecule has 0 spiro atoms. The monoisotopic (exact) mass is 345 g/mol. The average molecular weight is 345 g/mol. The minimum absolute atomic E-state index is 0.0697. The molecule has 2 N–H and O–H groups in total. The van der Waals surface area contributed by atoms with E-state index in [4.69, 9.17) is 0 Å². The molecule has 5 heteroatoms. The Kier molecular flexibility index (Phi) is 4.85. The number of para-hydroxylation sites is 2. The van der Waals surface area contributed by atoms with Crippen molar-refractivity contribution >= 4 is 22.5 Å². The number of hydrogen-bond acceptors (Lipinski definition) is 3. The quantitative estimate of drug-likeness (QED) is 0.759. The van der Waals surface area contributed by atoms with Crippen LogP contribution in [0.4, 0.5) is 5.69 Å². The number of H-pyrrole nitrogens is 1. The number of nitriles is 1. The van der Waals surface area contributed by atoms with Gasteiger partial charge in [-0.2, -0.15) is 5.26 Å². The predicted octanol–water partition coefficient (Wildman–Crippen LogP) is 3.47. The lowest BCUT2D eigenvalue weighted by Gasteiger charge is -2.13. The number of hydrogen-bond donors (Lipinski definition) is 2. The van der Waals surface area contributed by atoms with Crippen molar-refractivity contribution in [3.63, 3.8) is 0 Å². The Balaban J connectivity index is 1.90. The van der Waals surface area contributed by atoms with Crippen LogP contribution in [0.5, 0.6) is 0 Å². The van der Waals surface area contributed by atoms with Gasteiger partial charge in [-0.15, -0.1) is 0 Å². The lowest BCUT2D eigenvalue weighted by Crippen LogP contribution is -2.26. The third-order valence-electron chi connectivity index (χ3n) is 4.50. The molecule has 1 amide bonds. The van der Waals surface area contributed by atoms with Gasteiger partial charge in [-0.3, -0.25) is 9.59 Å². The number of aromatic nitrogens is 1. The van der Waals surface area contributed by atoms with Gasteiger partial charge in [0.1, 0.15) is 5.92 Å². The molecule has 1 aromatic heterocycles. The van der Waals surface area contributed by atoms with E-state index in [1.54, 1.807) is 25.1 Å². The number of carbonyl (C=O) groups is 1. The first kappa shape index (κ1) is 17.4. The van der Waals surface area contributed by atoms with Gasteiger partial charge in [-0.1, -0.05) is 30.3 Å². The maximum Gasteiger partial charge on any atom is 0.242 e. The fraction of sp³-hybridized carbons (Fsp3) is 0.190. The normalized spacial score (nSPS) is 11.7. The third-order valence-corrected chi connectivity index (χ3v) is 4.50. The maximum absolute atomic E-state index is 12.8. The van der Waals surface area contributed by atoms with Gasteiger partial charge in [-0.05, 0) is 37.6 Å². The van der Waals surface area contributed by atoms with Crippen molar-refractivity contribution < 1.29 is 4.79 Å². The standard InChI is InChI=1S/C21H19N3O2/c1-13-7-3-5-9-18(13)24-21(26)15(12-22)11-17-14(2)23-19-10-6-4-8-16(19)20(17)25/h3-10,15H,11H2,1-2H3,(H,23,25)(H,24,26). The summed E-state index contributed by atoms with van der Waals surface area (Å²) in [6.07, 6.45) is 0.0697. The second kappa shape index (κ2) is 7.24. The second-order valence-electron chi connectivity index (χ2n) is 6.29. The molecule has 0 bridgehead atoms. The van der Waals surface area contributed by atoms with E-state index in [1.807, 2.05) is 43.3 Å². The Bertz CT molecular complexity index is 1080. The molecular formula is C21H19N3O2. The van der Waals surface area contributed by atoms with Crippen LogP contribution >= 0.6 is 0 Å². The highest BCUT2D eigenvalue weighted by atomic mass is 16.2. The van der Waals surface area contributed by atoms with Crippen LogP contribution in [-0.2, 0) is 11.2 Å². The molecule has 0 fully saturated rings. The molecule has 1 unspecified atom stereocenters. The number of fused-ring (bicyclic) bond motifs is 1. The highest BCUT2D eigenvalue weighted by Gasteiger charge is 2.22. The lowest BCUT2D eigenvalue weighted by atomic mass is 9.96. The van der Waals surface area contributed by atoms with Gasteiger partial charge in [0.25, 0.3) is 0 Å². The van der Waals surface area contributed by atoms with E-state index in [9.17, 15) is 14.9 Å². The summed E-state index contributed by atoms with van der Waals surface area (Å²) in [7, 11) is 0. The highest BCUT2D eigenvalue weighted by molar-refractivity contribution is 5.95. The van der Waals surface area contributed by atoms with Gasteiger partial charge >= 0.3 is 0 Å². The first-order valence-electron chi connectivity index (χ1n) is 8.38. The van der Waals surface area contributed by atoms with Crippen LogP contribution in [0.25, 0.3) is 10.9 Å². The number of anilines is 1. The Morgan fingerprint density at radius 1 is 1.15 bits per heavy atom. The number of nitrogens with zero attached hydrogens (tertiary/aromatic N) is 1. The van der Waals surface area contributed by atoms with Crippen molar-refractivity contribution in [3.8, 4) is 6.07 Å². The molecule has 130 valence electrons. The molecule has 0 aliphatic rings. The number of benzene rings is 2. The van der Waals surface area contributed by atoms with E-state index in [-0.39, 0.29) is 11.8 Å². The Morgan fingerprint density at radius 3 is 2.58 bits per heavy atom. The molecule has 0 aliphatic carbocycles. The van der Waals surface area contributed by atoms with E-state index in [2.05, 4.69) is 10.3 Å². The summed E-state index contributed by atoms with van der Waals surface area (Å²) >= 11 is 0. The summed E-state index contributed by atoms with van der Waals surface area (Å²) in [4.78, 5) is 28.5. The molecule has 2 aromatic carbocycles. The summed E-state index contributed by atoms with van der Waals surface area (Å²) in [5, 5.41) is 12.8. The number of amides is 1. The van der Waals surface area contributed by atoms with Gasteiger partial charge in [0.15, 0.2) is 5.43 Å². The van der Waals surface area contributed by atoms with E-state index >= 15 is 0 Å². The Labute approximate surface area is 151 Å². The van der Waals surface area contributed by atoms with Gasteiger partial charge in [0, 0.05) is 34.3 Å². The van der Waals surface area contributed by atoms with Crippen LogP contribution in [-0.4, -0.2) is 10.9 Å². The average Bonchev–Trinajstić information content (AvgIpc) is 2.63. The molecule has 1 atom stereocenters. The predicted molar refractivity (Wildman–Crippen MR) is 102 cm³/mol. The molecule has 26 heavy (non-hydrogen) atoms. The minimum Gasteiger partial charge on any atom is -0.358 e. The van der Waals surface area contributed by atoms with Crippen molar-refractivity contribution in [3.05, 3.63) is 75.6 Å². The molecule has 3 aromatic rings. The van der Waals surface area contributed by atoms with Crippen molar-refractivity contribution in [1.82, 2.24) is 4.98 Å². The fourth-order valence-electron chi connectivity index (χ4n) is 2.98. The lowest BCUT2D eigenvalue weighted by molar-refractivity contribution is -0.118. The fourth-order valence-corrected chi connectivity index (χ4v) is 2.98. The van der Waals surface area contributed by atoms with Crippen molar-refractivity contribution in [2.45, 2.75) is 20.3 Å². The van der Waals surface area contributed by atoms with E-state index in [0.29, 0.717) is 22.3 Å². The van der Waals surface area contributed by atoms with Gasteiger partial charge in [0.2, 0.25) is 5.91 Å². The number of aryl methyl sites for hydroxylation is 2. The largest absolute Gasteiger partial charge is 0.358 e. The van der Waals surface area contributed by atoms with Crippen molar-refractivity contribution in [2.75, 3.05) is 5.32 Å². The topological polar surface area (TPSA) is 85.8 Å². The summed E-state index contributed by atoms with van der Waals surface area (Å²) < 4.78 is 0. The van der Waals surface area contributed by atoms with E-state index in [0.717, 1.165) is 11.1 Å². The minimum atomic E-state index is -0.949. The van der Waals surface area contributed by atoms with Crippen molar-refractivity contribution in [2.24, 2.45) is 5.92 Å². The van der Waals surface area contributed by atoms with Gasteiger partial charge < -0.3 is 10.3 Å². The molecule has 0 radical (unpaired) electrons. The van der Waals surface area contributed by atoms with Crippen LogP contribution in [0.15, 0.2) is 53.3 Å². The zero-order valence-corrected chi connectivity index (χ0v) is 14.7. The number of carbonyl (C=O) groups excluding carboxylic acids is 1. The van der Waals surface area contributed by atoms with Crippen LogP contribution in [0.2, 0.25) is 0 Å².